The molecule has 4 rings (SSSR count). The van der Waals surface area contributed by atoms with Gasteiger partial charge in [0, 0.05) is 56.3 Å². The van der Waals surface area contributed by atoms with Crippen molar-refractivity contribution in [3.05, 3.63) is 35.4 Å². The van der Waals surface area contributed by atoms with Crippen LogP contribution in [0.1, 0.15) is 62.5 Å². The lowest BCUT2D eigenvalue weighted by molar-refractivity contribution is -0.0677. The van der Waals surface area contributed by atoms with Gasteiger partial charge in [-0.25, -0.2) is 0 Å². The summed E-state index contributed by atoms with van der Waals surface area (Å²) in [7, 11) is 0. The molecule has 0 radical (unpaired) electrons. The molecule has 3 heterocycles. The van der Waals surface area contributed by atoms with E-state index in [0.717, 1.165) is 50.6 Å². The first-order chi connectivity index (χ1) is 14.8. The molecule has 0 unspecified atom stereocenters. The molecular formula is C26H38N2O2. The number of hydrogen-bond acceptors (Lipinski definition) is 4. The van der Waals surface area contributed by atoms with Crippen molar-refractivity contribution in [2.45, 2.75) is 63.5 Å². The van der Waals surface area contributed by atoms with E-state index >= 15 is 0 Å². The lowest BCUT2D eigenvalue weighted by atomic mass is 9.74. The minimum atomic E-state index is 0.249. The Morgan fingerprint density at radius 2 is 1.87 bits per heavy atom. The Kier molecular flexibility index (Phi) is 7.84. The average molecular weight is 411 g/mol. The van der Waals surface area contributed by atoms with E-state index in [-0.39, 0.29) is 12.6 Å². The molecule has 30 heavy (non-hydrogen) atoms. The van der Waals surface area contributed by atoms with Gasteiger partial charge in [-0.05, 0) is 68.8 Å². The number of fused-ring (bicyclic) bond motifs is 1. The zero-order chi connectivity index (χ0) is 20.8. The molecule has 0 bridgehead atoms. The van der Waals surface area contributed by atoms with Crippen LogP contribution in [-0.2, 0) is 4.74 Å². The van der Waals surface area contributed by atoms with Crippen molar-refractivity contribution in [1.82, 2.24) is 9.80 Å². The van der Waals surface area contributed by atoms with Crippen molar-refractivity contribution in [3.63, 3.8) is 0 Å². The number of benzene rings is 1. The van der Waals surface area contributed by atoms with Crippen molar-refractivity contribution in [2.75, 3.05) is 46.0 Å². The highest BCUT2D eigenvalue weighted by Crippen LogP contribution is 2.42. The van der Waals surface area contributed by atoms with Crippen molar-refractivity contribution < 1.29 is 9.84 Å². The maximum Gasteiger partial charge on any atom is 0.0593 e. The SMILES string of the molecule is CCCC#Cc1ccc([C@@H]2[C@@H](CO)N3CCCCN(CC4CCOCC4)C[C@H]23)cc1. The number of rotatable bonds is 5. The maximum atomic E-state index is 10.2. The maximum absolute atomic E-state index is 10.2. The van der Waals surface area contributed by atoms with Crippen LogP contribution in [-0.4, -0.2) is 73.0 Å². The van der Waals surface area contributed by atoms with Gasteiger partial charge in [0.15, 0.2) is 0 Å². The van der Waals surface area contributed by atoms with Crippen LogP contribution in [0.5, 0.6) is 0 Å². The number of unbranched alkanes of at least 4 members (excludes halogenated alkanes) is 1. The summed E-state index contributed by atoms with van der Waals surface area (Å²) in [5, 5.41) is 10.2. The van der Waals surface area contributed by atoms with E-state index in [0.29, 0.717) is 12.0 Å². The Morgan fingerprint density at radius 1 is 1.10 bits per heavy atom. The van der Waals surface area contributed by atoms with Gasteiger partial charge < -0.3 is 14.7 Å². The van der Waals surface area contributed by atoms with Gasteiger partial charge in [-0.2, -0.15) is 0 Å². The van der Waals surface area contributed by atoms with Crippen LogP contribution in [0, 0.1) is 17.8 Å². The molecule has 4 nitrogen and oxygen atoms in total. The summed E-state index contributed by atoms with van der Waals surface area (Å²) >= 11 is 0. The molecule has 0 amide bonds. The van der Waals surface area contributed by atoms with Crippen LogP contribution in [0.25, 0.3) is 0 Å². The highest BCUT2D eigenvalue weighted by Gasteiger charge is 2.49. The Bertz CT molecular complexity index is 717. The molecule has 3 saturated heterocycles. The van der Waals surface area contributed by atoms with Crippen molar-refractivity contribution in [3.8, 4) is 11.8 Å². The molecule has 3 aliphatic rings. The largest absolute Gasteiger partial charge is 0.395 e. The van der Waals surface area contributed by atoms with E-state index in [4.69, 9.17) is 4.74 Å². The van der Waals surface area contributed by atoms with Gasteiger partial charge in [0.2, 0.25) is 0 Å². The summed E-state index contributed by atoms with van der Waals surface area (Å²) in [6.45, 7) is 8.93. The average Bonchev–Trinajstić information content (AvgIpc) is 2.76. The first-order valence-corrected chi connectivity index (χ1v) is 12.1. The monoisotopic (exact) mass is 410 g/mol. The molecule has 164 valence electrons. The molecular weight excluding hydrogens is 372 g/mol. The quantitative estimate of drug-likeness (QED) is 0.754. The second kappa shape index (κ2) is 10.8. The Morgan fingerprint density at radius 3 is 2.60 bits per heavy atom. The van der Waals surface area contributed by atoms with Gasteiger partial charge in [-0.3, -0.25) is 4.90 Å². The minimum absolute atomic E-state index is 0.249. The first kappa shape index (κ1) is 21.8. The first-order valence-electron chi connectivity index (χ1n) is 12.1. The van der Waals surface area contributed by atoms with E-state index in [1.165, 1.54) is 44.3 Å². The summed E-state index contributed by atoms with van der Waals surface area (Å²) < 4.78 is 5.56. The van der Waals surface area contributed by atoms with E-state index < -0.39 is 0 Å². The fourth-order valence-corrected chi connectivity index (χ4v) is 5.55. The Hall–Kier alpha value is -1.38. The van der Waals surface area contributed by atoms with E-state index in [9.17, 15) is 5.11 Å². The number of aliphatic hydroxyl groups excluding tert-OH is 1. The van der Waals surface area contributed by atoms with E-state index in [2.05, 4.69) is 52.8 Å². The molecule has 0 spiro atoms. The number of nitrogens with zero attached hydrogens (tertiary/aromatic N) is 2. The molecule has 4 heteroatoms. The second-order valence-electron chi connectivity index (χ2n) is 9.28. The van der Waals surface area contributed by atoms with E-state index in [1.807, 2.05) is 0 Å². The summed E-state index contributed by atoms with van der Waals surface area (Å²) in [5.41, 5.74) is 2.46. The van der Waals surface area contributed by atoms with E-state index in [1.54, 1.807) is 0 Å². The summed E-state index contributed by atoms with van der Waals surface area (Å²) in [5.74, 6) is 7.71. The van der Waals surface area contributed by atoms with Crippen molar-refractivity contribution in [1.29, 1.82) is 0 Å². The molecule has 0 aliphatic carbocycles. The number of aliphatic hydroxyl groups is 1. The Labute approximate surface area is 182 Å². The highest BCUT2D eigenvalue weighted by molar-refractivity contribution is 5.39. The molecule has 1 aromatic rings. The van der Waals surface area contributed by atoms with Crippen LogP contribution in [0.4, 0.5) is 0 Å². The third kappa shape index (κ3) is 5.08. The number of hydrogen-bond donors (Lipinski definition) is 1. The van der Waals surface area contributed by atoms with Gasteiger partial charge >= 0.3 is 0 Å². The zero-order valence-electron chi connectivity index (χ0n) is 18.6. The predicted octanol–water partition coefficient (Wildman–Crippen LogP) is 3.49. The summed E-state index contributed by atoms with van der Waals surface area (Å²) in [6.07, 6.45) is 6.96. The molecule has 3 fully saturated rings. The van der Waals surface area contributed by atoms with Crippen LogP contribution in [0.15, 0.2) is 24.3 Å². The zero-order valence-corrected chi connectivity index (χ0v) is 18.6. The van der Waals surface area contributed by atoms with Gasteiger partial charge in [-0.1, -0.05) is 30.9 Å². The summed E-state index contributed by atoms with van der Waals surface area (Å²) in [6, 6.07) is 9.61. The third-order valence-corrected chi connectivity index (χ3v) is 7.21. The lowest BCUT2D eigenvalue weighted by Crippen LogP contribution is -2.67. The molecule has 3 aliphatic heterocycles. The Balaban J connectivity index is 1.46. The predicted molar refractivity (Wildman–Crippen MR) is 122 cm³/mol. The highest BCUT2D eigenvalue weighted by atomic mass is 16.5. The van der Waals surface area contributed by atoms with Crippen LogP contribution < -0.4 is 0 Å². The summed E-state index contributed by atoms with van der Waals surface area (Å²) in [4.78, 5) is 5.29. The molecule has 3 atom stereocenters. The van der Waals surface area contributed by atoms with Gasteiger partial charge in [-0.15, -0.1) is 0 Å². The standard InChI is InChI=1S/C26H38N2O2/c1-2-3-4-7-21-8-10-23(11-9-21)26-24-19-27(18-22-12-16-30-17-13-22)14-5-6-15-28(24)25(26)20-29/h8-11,22,24-26,29H,2-3,5-6,12-20H2,1H3/t24-,25-,26+/m1/s1. The van der Waals surface area contributed by atoms with Gasteiger partial charge in [0.25, 0.3) is 0 Å². The normalized spacial score (nSPS) is 28.5. The van der Waals surface area contributed by atoms with Crippen molar-refractivity contribution >= 4 is 0 Å². The van der Waals surface area contributed by atoms with Gasteiger partial charge in [0.05, 0.1) is 6.61 Å². The molecule has 1 aromatic carbocycles. The third-order valence-electron chi connectivity index (χ3n) is 7.21. The molecule has 0 aromatic heterocycles. The van der Waals surface area contributed by atoms with Gasteiger partial charge in [0.1, 0.15) is 0 Å². The smallest absolute Gasteiger partial charge is 0.0593 e. The number of ether oxygens (including phenoxy) is 1. The van der Waals surface area contributed by atoms with Crippen LogP contribution >= 0.6 is 0 Å². The topological polar surface area (TPSA) is 35.9 Å². The fraction of sp³-hybridized carbons (Fsp3) is 0.692. The van der Waals surface area contributed by atoms with Crippen molar-refractivity contribution in [2.24, 2.45) is 5.92 Å². The second-order valence-corrected chi connectivity index (χ2v) is 9.28. The molecule has 1 N–H and O–H groups in total. The van der Waals surface area contributed by atoms with Crippen LogP contribution in [0.2, 0.25) is 0 Å². The lowest BCUT2D eigenvalue weighted by Gasteiger charge is -2.57. The molecule has 0 saturated carbocycles. The van der Waals surface area contributed by atoms with Crippen LogP contribution in [0.3, 0.4) is 0 Å². The fourth-order valence-electron chi connectivity index (χ4n) is 5.55. The minimum Gasteiger partial charge on any atom is -0.395 e.